The molecule has 0 radical (unpaired) electrons. The molecular weight excluding hydrogens is 272 g/mol. The number of rotatable bonds is 0. The Kier molecular flexibility index (Phi) is 3.07. The van der Waals surface area contributed by atoms with E-state index in [0.29, 0.717) is 18.9 Å². The molecule has 2 unspecified atom stereocenters. The summed E-state index contributed by atoms with van der Waals surface area (Å²) in [5.74, 6) is 0.273. The first-order valence-corrected chi connectivity index (χ1v) is 8.03. The highest BCUT2D eigenvalue weighted by atomic mass is 16.5. The minimum Gasteiger partial charge on any atom is -0.466 e. The van der Waals surface area contributed by atoms with Crippen molar-refractivity contribution in [2.45, 2.75) is 37.5 Å². The highest BCUT2D eigenvalue weighted by Gasteiger charge is 2.42. The van der Waals surface area contributed by atoms with Crippen molar-refractivity contribution in [3.8, 4) is 0 Å². The van der Waals surface area contributed by atoms with Gasteiger partial charge in [-0.2, -0.15) is 0 Å². The summed E-state index contributed by atoms with van der Waals surface area (Å²) in [5, 5.41) is 0. The van der Waals surface area contributed by atoms with Crippen LogP contribution in [0.1, 0.15) is 43.2 Å². The van der Waals surface area contributed by atoms with Gasteiger partial charge >= 0.3 is 5.97 Å². The number of carbonyl (C=O) groups is 1. The van der Waals surface area contributed by atoms with E-state index in [1.165, 1.54) is 22.3 Å². The molecule has 4 rings (SSSR count). The Morgan fingerprint density at radius 2 is 2.09 bits per heavy atom. The summed E-state index contributed by atoms with van der Waals surface area (Å²) >= 11 is 0. The lowest BCUT2D eigenvalue weighted by Crippen LogP contribution is -2.33. The van der Waals surface area contributed by atoms with Gasteiger partial charge in [-0.3, -0.25) is 4.79 Å². The number of hydrogen-bond acceptors (Lipinski definition) is 2. The second-order valence-electron chi connectivity index (χ2n) is 6.54. The van der Waals surface area contributed by atoms with Crippen molar-refractivity contribution >= 4 is 5.97 Å². The summed E-state index contributed by atoms with van der Waals surface area (Å²) in [5.41, 5.74) is 5.31. The molecule has 2 bridgehead atoms. The van der Waals surface area contributed by atoms with Crippen molar-refractivity contribution in [2.24, 2.45) is 0 Å². The van der Waals surface area contributed by atoms with Crippen LogP contribution in [0.25, 0.3) is 0 Å². The smallest absolute Gasteiger partial charge is 0.305 e. The Hall–Kier alpha value is -2.09. The molecule has 2 heteroatoms. The van der Waals surface area contributed by atoms with Crippen LogP contribution < -0.4 is 0 Å². The average Bonchev–Trinajstić information content (AvgIpc) is 2.82. The molecule has 2 nitrogen and oxygen atoms in total. The summed E-state index contributed by atoms with van der Waals surface area (Å²) in [6.07, 6.45) is 11.4. The lowest BCUT2D eigenvalue weighted by atomic mass is 9.63. The van der Waals surface area contributed by atoms with E-state index in [4.69, 9.17) is 4.74 Å². The number of carbonyl (C=O) groups excluding carboxylic acids is 1. The Labute approximate surface area is 131 Å². The van der Waals surface area contributed by atoms with E-state index in [2.05, 4.69) is 55.5 Å². The quantitative estimate of drug-likeness (QED) is 0.670. The molecule has 1 aromatic carbocycles. The van der Waals surface area contributed by atoms with Crippen molar-refractivity contribution in [3.63, 3.8) is 0 Å². The van der Waals surface area contributed by atoms with E-state index < -0.39 is 0 Å². The second kappa shape index (κ2) is 4.98. The predicted octanol–water partition coefficient (Wildman–Crippen LogP) is 4.19. The third-order valence-corrected chi connectivity index (χ3v) is 5.24. The van der Waals surface area contributed by atoms with Gasteiger partial charge in [0.15, 0.2) is 0 Å². The normalized spacial score (nSPS) is 29.9. The molecule has 2 atom stereocenters. The minimum absolute atomic E-state index is 0.0653. The Morgan fingerprint density at radius 1 is 1.23 bits per heavy atom. The molecule has 1 saturated heterocycles. The number of esters is 1. The van der Waals surface area contributed by atoms with E-state index in [9.17, 15) is 4.79 Å². The van der Waals surface area contributed by atoms with E-state index in [1.807, 2.05) is 0 Å². The fraction of sp³-hybridized carbons (Fsp3) is 0.350. The van der Waals surface area contributed by atoms with Gasteiger partial charge in [0, 0.05) is 17.8 Å². The highest BCUT2D eigenvalue weighted by Crippen LogP contribution is 2.50. The van der Waals surface area contributed by atoms with Gasteiger partial charge in [-0.1, -0.05) is 54.1 Å². The highest BCUT2D eigenvalue weighted by molar-refractivity contribution is 5.71. The van der Waals surface area contributed by atoms with Gasteiger partial charge in [0.1, 0.15) is 0 Å². The molecule has 0 saturated carbocycles. The number of hydrogen-bond donors (Lipinski definition) is 0. The number of allylic oxidation sites excluding steroid dienone is 6. The topological polar surface area (TPSA) is 26.3 Å². The summed E-state index contributed by atoms with van der Waals surface area (Å²) < 4.78 is 5.34. The zero-order valence-electron chi connectivity index (χ0n) is 12.8. The molecule has 1 aliphatic heterocycles. The SMILES string of the molecule is CC1=CC2=CC(C=C1)c1ccccc1C21CCOC(=O)CC1. The van der Waals surface area contributed by atoms with Crippen molar-refractivity contribution < 1.29 is 9.53 Å². The van der Waals surface area contributed by atoms with Crippen molar-refractivity contribution in [1.82, 2.24) is 0 Å². The van der Waals surface area contributed by atoms with Crippen molar-refractivity contribution in [3.05, 3.63) is 70.8 Å². The fourth-order valence-corrected chi connectivity index (χ4v) is 4.13. The minimum atomic E-state index is -0.0769. The van der Waals surface area contributed by atoms with Gasteiger partial charge in [0.05, 0.1) is 6.61 Å². The van der Waals surface area contributed by atoms with Crippen LogP contribution in [-0.2, 0) is 14.9 Å². The number of cyclic esters (lactones) is 1. The molecule has 1 aromatic rings. The molecule has 112 valence electrons. The first-order valence-electron chi connectivity index (χ1n) is 8.03. The lowest BCUT2D eigenvalue weighted by molar-refractivity contribution is -0.142. The number of fused-ring (bicyclic) bond motifs is 5. The third-order valence-electron chi connectivity index (χ3n) is 5.24. The molecular formula is C20H20O2. The molecule has 0 aromatic heterocycles. The van der Waals surface area contributed by atoms with Crippen LogP contribution >= 0.6 is 0 Å². The van der Waals surface area contributed by atoms with Crippen LogP contribution in [0.2, 0.25) is 0 Å². The maximum Gasteiger partial charge on any atom is 0.305 e. The molecule has 0 amide bonds. The van der Waals surface area contributed by atoms with Gasteiger partial charge in [-0.05, 0) is 36.5 Å². The van der Waals surface area contributed by atoms with Gasteiger partial charge in [0.2, 0.25) is 0 Å². The fourth-order valence-electron chi connectivity index (χ4n) is 4.13. The van der Waals surface area contributed by atoms with E-state index in [0.717, 1.165) is 12.8 Å². The number of ether oxygens (including phenoxy) is 1. The molecule has 1 fully saturated rings. The summed E-state index contributed by atoms with van der Waals surface area (Å²) in [4.78, 5) is 11.8. The van der Waals surface area contributed by atoms with Gasteiger partial charge < -0.3 is 4.74 Å². The molecule has 22 heavy (non-hydrogen) atoms. The zero-order valence-corrected chi connectivity index (χ0v) is 12.8. The summed E-state index contributed by atoms with van der Waals surface area (Å²) in [6.45, 7) is 2.66. The van der Waals surface area contributed by atoms with Crippen LogP contribution in [0.4, 0.5) is 0 Å². The van der Waals surface area contributed by atoms with Crippen LogP contribution in [0.3, 0.4) is 0 Å². The third kappa shape index (κ3) is 1.98. The van der Waals surface area contributed by atoms with Crippen molar-refractivity contribution in [2.75, 3.05) is 6.61 Å². The summed E-state index contributed by atoms with van der Waals surface area (Å²) in [6, 6.07) is 8.70. The van der Waals surface area contributed by atoms with Crippen LogP contribution in [0.15, 0.2) is 59.7 Å². The van der Waals surface area contributed by atoms with Crippen molar-refractivity contribution in [1.29, 1.82) is 0 Å². The maximum atomic E-state index is 11.8. The Bertz CT molecular complexity index is 723. The molecule has 3 aliphatic rings. The largest absolute Gasteiger partial charge is 0.466 e. The monoisotopic (exact) mass is 292 g/mol. The van der Waals surface area contributed by atoms with Gasteiger partial charge in [-0.15, -0.1) is 0 Å². The maximum absolute atomic E-state index is 11.8. The molecule has 2 aliphatic carbocycles. The van der Waals surface area contributed by atoms with Crippen LogP contribution in [0.5, 0.6) is 0 Å². The molecule has 0 N–H and O–H groups in total. The Balaban J connectivity index is 1.93. The first kappa shape index (κ1) is 13.6. The van der Waals surface area contributed by atoms with Crippen LogP contribution in [0, 0.1) is 0 Å². The van der Waals surface area contributed by atoms with Crippen LogP contribution in [-0.4, -0.2) is 12.6 Å². The Morgan fingerprint density at radius 3 is 3.00 bits per heavy atom. The van der Waals surface area contributed by atoms with Gasteiger partial charge in [-0.25, -0.2) is 0 Å². The standard InChI is InChI=1S/C20H20O2/c1-14-6-7-15-13-16(12-14)20(9-8-19(21)22-11-10-20)18-5-3-2-4-17(15)18/h2-7,12-13,15H,8-11H2,1H3. The molecule has 1 heterocycles. The molecule has 1 spiro atoms. The average molecular weight is 292 g/mol. The predicted molar refractivity (Wildman–Crippen MR) is 86.7 cm³/mol. The first-order chi connectivity index (χ1) is 10.7. The second-order valence-corrected chi connectivity index (χ2v) is 6.54. The number of benzene rings is 1. The summed E-state index contributed by atoms with van der Waals surface area (Å²) in [7, 11) is 0. The lowest BCUT2D eigenvalue weighted by Gasteiger charge is -2.40. The van der Waals surface area contributed by atoms with E-state index in [-0.39, 0.29) is 11.4 Å². The van der Waals surface area contributed by atoms with Gasteiger partial charge in [0.25, 0.3) is 0 Å². The van der Waals surface area contributed by atoms with E-state index >= 15 is 0 Å². The zero-order chi connectivity index (χ0) is 15.2. The van der Waals surface area contributed by atoms with E-state index in [1.54, 1.807) is 0 Å².